The number of nitrogens with one attached hydrogen (secondary N) is 1. The summed E-state index contributed by atoms with van der Waals surface area (Å²) < 4.78 is 0. The molecule has 0 unspecified atom stereocenters. The topological polar surface area (TPSA) is 199 Å². The van der Waals surface area contributed by atoms with Gasteiger partial charge in [0.05, 0.1) is 33.5 Å². The number of carboxylic acids is 1. The highest BCUT2D eigenvalue weighted by molar-refractivity contribution is 5.83. The van der Waals surface area contributed by atoms with Crippen molar-refractivity contribution in [3.05, 3.63) is 42.5 Å². The first-order valence-corrected chi connectivity index (χ1v) is 5.40. The van der Waals surface area contributed by atoms with Gasteiger partial charge in [0.15, 0.2) is 5.69 Å². The van der Waals surface area contributed by atoms with Crippen LogP contribution in [0.25, 0.3) is 0 Å². The van der Waals surface area contributed by atoms with Gasteiger partial charge in [-0.25, -0.2) is 4.79 Å². The Hall–Kier alpha value is -3.35. The standard InChI is InChI=1S/C9H8N4O9/c14-3-5(9(15)16)10-8-6(12(19)20)1-4(11(17)18)2-7(8)13(21)22/h1-2,5,10,14H,3H2,(H,15,16)/t5-/m0/s1. The monoisotopic (exact) mass is 316 g/mol. The van der Waals surface area contributed by atoms with Crippen LogP contribution in [-0.4, -0.2) is 43.6 Å². The molecule has 0 radical (unpaired) electrons. The van der Waals surface area contributed by atoms with E-state index in [0.29, 0.717) is 12.1 Å². The average molecular weight is 316 g/mol. The Labute approximate surface area is 120 Å². The average Bonchev–Trinajstić information content (AvgIpc) is 2.42. The van der Waals surface area contributed by atoms with Crippen LogP contribution in [0.4, 0.5) is 22.7 Å². The fourth-order valence-corrected chi connectivity index (χ4v) is 1.50. The van der Waals surface area contributed by atoms with Crippen LogP contribution in [0, 0.1) is 30.3 Å². The van der Waals surface area contributed by atoms with Gasteiger partial charge in [0.1, 0.15) is 6.04 Å². The van der Waals surface area contributed by atoms with Crippen molar-refractivity contribution in [3.8, 4) is 0 Å². The van der Waals surface area contributed by atoms with E-state index in [0.717, 1.165) is 0 Å². The number of benzene rings is 1. The largest absolute Gasteiger partial charge is 0.480 e. The molecule has 1 aromatic carbocycles. The van der Waals surface area contributed by atoms with E-state index in [4.69, 9.17) is 10.2 Å². The number of nitro groups is 3. The summed E-state index contributed by atoms with van der Waals surface area (Å²) in [5.74, 6) is -1.62. The summed E-state index contributed by atoms with van der Waals surface area (Å²) in [5.41, 5.74) is -3.86. The Kier molecular flexibility index (Phi) is 4.86. The highest BCUT2D eigenvalue weighted by Gasteiger charge is 2.33. The van der Waals surface area contributed by atoms with Crippen LogP contribution in [-0.2, 0) is 4.79 Å². The molecule has 0 aliphatic rings. The van der Waals surface area contributed by atoms with Gasteiger partial charge < -0.3 is 15.5 Å². The maximum Gasteiger partial charge on any atom is 0.328 e. The summed E-state index contributed by atoms with van der Waals surface area (Å²) in [4.78, 5) is 40.0. The number of aliphatic hydroxyl groups is 1. The minimum atomic E-state index is -1.76. The normalized spacial score (nSPS) is 11.5. The first kappa shape index (κ1) is 16.7. The summed E-state index contributed by atoms with van der Waals surface area (Å²) in [6, 6.07) is -0.865. The Morgan fingerprint density at radius 1 is 1.09 bits per heavy atom. The second-order valence-electron chi connectivity index (χ2n) is 3.85. The van der Waals surface area contributed by atoms with Crippen molar-refractivity contribution < 1.29 is 29.8 Å². The van der Waals surface area contributed by atoms with Crippen LogP contribution in [0.3, 0.4) is 0 Å². The van der Waals surface area contributed by atoms with Crippen molar-refractivity contribution in [3.63, 3.8) is 0 Å². The maximum absolute atomic E-state index is 10.9. The second-order valence-corrected chi connectivity index (χ2v) is 3.85. The van der Waals surface area contributed by atoms with Crippen LogP contribution < -0.4 is 5.32 Å². The second kappa shape index (κ2) is 6.40. The molecule has 0 spiro atoms. The lowest BCUT2D eigenvalue weighted by atomic mass is 10.1. The van der Waals surface area contributed by atoms with E-state index in [1.54, 1.807) is 0 Å². The minimum Gasteiger partial charge on any atom is -0.480 e. The first-order valence-electron chi connectivity index (χ1n) is 5.40. The van der Waals surface area contributed by atoms with Crippen molar-refractivity contribution in [2.45, 2.75) is 6.04 Å². The molecule has 0 aliphatic heterocycles. The molecule has 0 fully saturated rings. The van der Waals surface area contributed by atoms with E-state index >= 15 is 0 Å². The van der Waals surface area contributed by atoms with Gasteiger partial charge in [-0.3, -0.25) is 30.3 Å². The fraction of sp³-hybridized carbons (Fsp3) is 0.222. The molecule has 0 heterocycles. The molecule has 1 atom stereocenters. The van der Waals surface area contributed by atoms with E-state index in [9.17, 15) is 35.1 Å². The van der Waals surface area contributed by atoms with Crippen LogP contribution in [0.1, 0.15) is 0 Å². The lowest BCUT2D eigenvalue weighted by Crippen LogP contribution is -2.33. The van der Waals surface area contributed by atoms with Gasteiger partial charge in [-0.1, -0.05) is 0 Å². The van der Waals surface area contributed by atoms with Crippen LogP contribution >= 0.6 is 0 Å². The molecular formula is C9H8N4O9. The Balaban J connectivity index is 3.57. The molecule has 0 aliphatic carbocycles. The van der Waals surface area contributed by atoms with Crippen molar-refractivity contribution in [1.29, 1.82) is 0 Å². The third kappa shape index (κ3) is 3.40. The molecule has 13 heteroatoms. The number of hydrogen-bond donors (Lipinski definition) is 3. The quantitative estimate of drug-likeness (QED) is 0.463. The lowest BCUT2D eigenvalue weighted by Gasteiger charge is -2.13. The molecular weight excluding hydrogens is 308 g/mol. The van der Waals surface area contributed by atoms with E-state index < -0.39 is 56.1 Å². The Bertz CT molecular complexity index is 623. The number of nitro benzene ring substituents is 3. The molecule has 0 saturated carbocycles. The molecule has 0 aromatic heterocycles. The number of rotatable bonds is 7. The van der Waals surface area contributed by atoms with Crippen LogP contribution in [0.15, 0.2) is 12.1 Å². The molecule has 0 saturated heterocycles. The van der Waals surface area contributed by atoms with Gasteiger partial charge in [0.2, 0.25) is 0 Å². The van der Waals surface area contributed by atoms with Crippen molar-refractivity contribution in [2.75, 3.05) is 11.9 Å². The van der Waals surface area contributed by atoms with Gasteiger partial charge in [0, 0.05) is 0 Å². The number of hydrogen-bond acceptors (Lipinski definition) is 9. The highest BCUT2D eigenvalue weighted by Crippen LogP contribution is 2.38. The molecule has 118 valence electrons. The summed E-state index contributed by atoms with van der Waals surface area (Å²) in [7, 11) is 0. The number of aliphatic carboxylic acids is 1. The van der Waals surface area contributed by atoms with Gasteiger partial charge in [-0.2, -0.15) is 0 Å². The molecule has 3 N–H and O–H groups in total. The summed E-state index contributed by atoms with van der Waals surface area (Å²) in [6.07, 6.45) is 0. The number of non-ortho nitro benzene ring substituents is 1. The molecule has 0 bridgehead atoms. The zero-order valence-corrected chi connectivity index (χ0v) is 10.5. The van der Waals surface area contributed by atoms with Crippen LogP contribution in [0.5, 0.6) is 0 Å². The number of carboxylic acid groups (broad SMARTS) is 1. The third-order valence-corrected chi connectivity index (χ3v) is 2.48. The summed E-state index contributed by atoms with van der Waals surface area (Å²) >= 11 is 0. The van der Waals surface area contributed by atoms with Crippen molar-refractivity contribution >= 4 is 28.7 Å². The minimum absolute atomic E-state index is 0.450. The number of nitrogens with zero attached hydrogens (tertiary/aromatic N) is 3. The van der Waals surface area contributed by atoms with Gasteiger partial charge >= 0.3 is 17.3 Å². The van der Waals surface area contributed by atoms with E-state index in [-0.39, 0.29) is 0 Å². The zero-order valence-electron chi connectivity index (χ0n) is 10.5. The molecule has 1 aromatic rings. The lowest BCUT2D eigenvalue weighted by molar-refractivity contribution is -0.401. The molecule has 13 nitrogen and oxygen atoms in total. The predicted molar refractivity (Wildman–Crippen MR) is 68.5 cm³/mol. The SMILES string of the molecule is O=C(O)[C@H](CO)Nc1c([N+](=O)[O-])cc([N+](=O)[O-])cc1[N+](=O)[O-]. The summed E-state index contributed by atoms with van der Waals surface area (Å²) in [5, 5.41) is 52.1. The fourth-order valence-electron chi connectivity index (χ4n) is 1.50. The number of aliphatic hydroxyl groups excluding tert-OH is 1. The summed E-state index contributed by atoms with van der Waals surface area (Å²) in [6.45, 7) is -1.01. The van der Waals surface area contributed by atoms with E-state index in [1.165, 1.54) is 0 Å². The van der Waals surface area contributed by atoms with E-state index in [1.807, 2.05) is 5.32 Å². The zero-order chi connectivity index (χ0) is 17.0. The maximum atomic E-state index is 10.9. The number of carbonyl (C=O) groups is 1. The smallest absolute Gasteiger partial charge is 0.328 e. The third-order valence-electron chi connectivity index (χ3n) is 2.48. The van der Waals surface area contributed by atoms with Gasteiger partial charge in [-0.05, 0) is 0 Å². The Morgan fingerprint density at radius 2 is 1.55 bits per heavy atom. The van der Waals surface area contributed by atoms with Crippen molar-refractivity contribution in [2.24, 2.45) is 0 Å². The van der Waals surface area contributed by atoms with Crippen molar-refractivity contribution in [1.82, 2.24) is 0 Å². The van der Waals surface area contributed by atoms with Crippen LogP contribution in [0.2, 0.25) is 0 Å². The molecule has 0 amide bonds. The Morgan fingerprint density at radius 3 is 1.82 bits per heavy atom. The van der Waals surface area contributed by atoms with Gasteiger partial charge in [0.25, 0.3) is 5.69 Å². The molecule has 1 rings (SSSR count). The predicted octanol–water partition coefficient (Wildman–Crippen LogP) is 0.269. The molecule has 22 heavy (non-hydrogen) atoms. The number of anilines is 1. The van der Waals surface area contributed by atoms with E-state index in [2.05, 4.69) is 0 Å². The van der Waals surface area contributed by atoms with Gasteiger partial charge in [-0.15, -0.1) is 0 Å². The highest BCUT2D eigenvalue weighted by atomic mass is 16.6. The first-order chi connectivity index (χ1) is 10.2.